The van der Waals surface area contributed by atoms with E-state index in [0.29, 0.717) is 0 Å². The Bertz CT molecular complexity index is 1900. The minimum Gasteiger partial charge on any atom is -0.276 e. The molecule has 0 fully saturated rings. The second kappa shape index (κ2) is 6.80. The van der Waals surface area contributed by atoms with Crippen LogP contribution in [0.3, 0.4) is 0 Å². The zero-order valence-electron chi connectivity index (χ0n) is 17.8. The van der Waals surface area contributed by atoms with Gasteiger partial charge in [0.05, 0.1) is 38.8 Å². The number of fused-ring (bicyclic) bond motifs is 9. The Morgan fingerprint density at radius 2 is 1.24 bits per heavy atom. The summed E-state index contributed by atoms with van der Waals surface area (Å²) in [6.07, 6.45) is 0. The van der Waals surface area contributed by atoms with Gasteiger partial charge in [0, 0.05) is 4.47 Å². The van der Waals surface area contributed by atoms with Crippen LogP contribution in [-0.2, 0) is 0 Å². The number of aryl methyl sites for hydroxylation is 1. The predicted molar refractivity (Wildman–Crippen MR) is 137 cm³/mol. The molecule has 0 atom stereocenters. The van der Waals surface area contributed by atoms with Gasteiger partial charge in [-0.2, -0.15) is 0 Å². The van der Waals surface area contributed by atoms with Gasteiger partial charge in [-0.1, -0.05) is 52.3 Å². The van der Waals surface area contributed by atoms with Crippen LogP contribution >= 0.6 is 15.9 Å². The lowest BCUT2D eigenvalue weighted by Gasteiger charge is -2.07. The third-order valence-electron chi connectivity index (χ3n) is 6.17. The minimum absolute atomic E-state index is 0.813. The van der Waals surface area contributed by atoms with Crippen molar-refractivity contribution in [2.75, 3.05) is 0 Å². The highest BCUT2D eigenvalue weighted by Crippen LogP contribution is 2.30. The van der Waals surface area contributed by atoms with Crippen LogP contribution in [0.25, 0.3) is 50.3 Å². The Morgan fingerprint density at radius 3 is 1.91 bits per heavy atom. The number of halogens is 1. The first kappa shape index (κ1) is 18.7. The first-order valence-electron chi connectivity index (χ1n) is 10.8. The molecule has 5 nitrogen and oxygen atoms in total. The number of rotatable bonds is 1. The summed E-state index contributed by atoms with van der Waals surface area (Å²) in [7, 11) is 0. The highest BCUT2D eigenvalue weighted by molar-refractivity contribution is 9.10. The van der Waals surface area contributed by atoms with Gasteiger partial charge in [-0.15, -0.1) is 0 Å². The van der Waals surface area contributed by atoms with E-state index in [1.807, 2.05) is 24.3 Å². The molecule has 0 amide bonds. The maximum atomic E-state index is 5.12. The van der Waals surface area contributed by atoms with Crippen molar-refractivity contribution in [3.05, 3.63) is 101 Å². The van der Waals surface area contributed by atoms with E-state index in [9.17, 15) is 0 Å². The van der Waals surface area contributed by atoms with E-state index in [1.165, 1.54) is 5.56 Å². The zero-order valence-corrected chi connectivity index (χ0v) is 19.4. The fourth-order valence-electron chi connectivity index (χ4n) is 4.74. The number of hydrogen-bond donors (Lipinski definition) is 0. The van der Waals surface area contributed by atoms with E-state index in [2.05, 4.69) is 103 Å². The molecule has 7 rings (SSSR count). The molecule has 6 heteroatoms. The Morgan fingerprint density at radius 1 is 0.606 bits per heavy atom. The minimum atomic E-state index is 0.813. The molecule has 4 aromatic carbocycles. The van der Waals surface area contributed by atoms with E-state index in [4.69, 9.17) is 9.97 Å². The van der Waals surface area contributed by atoms with Crippen LogP contribution in [0.2, 0.25) is 0 Å². The van der Waals surface area contributed by atoms with Crippen molar-refractivity contribution in [3.63, 3.8) is 0 Å². The fourth-order valence-corrected chi connectivity index (χ4v) is 5.13. The van der Waals surface area contributed by atoms with Crippen LogP contribution in [0, 0.1) is 6.92 Å². The summed E-state index contributed by atoms with van der Waals surface area (Å²) in [6, 6.07) is 31.4. The van der Waals surface area contributed by atoms with Crippen molar-refractivity contribution in [2.24, 2.45) is 0 Å². The Kier molecular flexibility index (Phi) is 3.84. The number of nitrogens with zero attached hydrogens (tertiary/aromatic N) is 5. The van der Waals surface area contributed by atoms with Crippen LogP contribution in [-0.4, -0.2) is 23.3 Å². The summed E-state index contributed by atoms with van der Waals surface area (Å²) in [4.78, 5) is 10.2. The standard InChI is InChI=1S/C27H18BrN5/c1-17-13-14-24-25(15-17)33-23-12-5-3-10-21(23)30-27(33)31(19-8-6-7-18(28)16-19)26-29-20-9-2-4-11-22(20)32(24)26/h2-16H,1H3. The lowest BCUT2D eigenvalue weighted by atomic mass is 10.2. The van der Waals surface area contributed by atoms with E-state index >= 15 is 0 Å². The molecule has 7 aromatic rings. The van der Waals surface area contributed by atoms with Crippen molar-refractivity contribution in [3.8, 4) is 5.69 Å². The molecule has 0 N–H and O–H groups in total. The topological polar surface area (TPSA) is 39.5 Å². The number of imidazole rings is 2. The summed E-state index contributed by atoms with van der Waals surface area (Å²) >= 11 is 3.65. The second-order valence-electron chi connectivity index (χ2n) is 8.28. The smallest absolute Gasteiger partial charge is 0.223 e. The number of benzene rings is 4. The summed E-state index contributed by atoms with van der Waals surface area (Å²) < 4.78 is 7.65. The number of hydrogen-bond acceptors (Lipinski definition) is 2. The van der Waals surface area contributed by atoms with Crippen LogP contribution in [0.15, 0.2) is 95.5 Å². The first-order chi connectivity index (χ1) is 16.2. The molecule has 0 saturated heterocycles. The average Bonchev–Trinajstić information content (AvgIpc) is 3.35. The molecule has 0 aliphatic heterocycles. The molecule has 0 saturated carbocycles. The summed E-state index contributed by atoms with van der Waals surface area (Å²) in [6.45, 7) is 2.13. The third-order valence-corrected chi connectivity index (χ3v) is 6.66. The van der Waals surface area contributed by atoms with E-state index in [-0.39, 0.29) is 0 Å². The van der Waals surface area contributed by atoms with Crippen molar-refractivity contribution in [1.29, 1.82) is 0 Å². The van der Waals surface area contributed by atoms with Gasteiger partial charge in [0.15, 0.2) is 0 Å². The lowest BCUT2D eigenvalue weighted by Crippen LogP contribution is -2.01. The maximum Gasteiger partial charge on any atom is 0.223 e. The average molecular weight is 492 g/mol. The van der Waals surface area contributed by atoms with Crippen LogP contribution in [0.1, 0.15) is 5.56 Å². The lowest BCUT2D eigenvalue weighted by molar-refractivity contribution is 1.03. The summed E-state index contributed by atoms with van der Waals surface area (Å²) in [5.41, 5.74) is 8.36. The number of para-hydroxylation sites is 4. The molecule has 3 heterocycles. The van der Waals surface area contributed by atoms with E-state index in [1.54, 1.807) is 0 Å². The first-order valence-corrected chi connectivity index (χ1v) is 11.6. The van der Waals surface area contributed by atoms with Gasteiger partial charge in [0.25, 0.3) is 0 Å². The second-order valence-corrected chi connectivity index (χ2v) is 9.19. The predicted octanol–water partition coefficient (Wildman–Crippen LogP) is 6.87. The van der Waals surface area contributed by atoms with Gasteiger partial charge in [-0.25, -0.2) is 14.5 Å². The largest absolute Gasteiger partial charge is 0.276 e. The van der Waals surface area contributed by atoms with E-state index in [0.717, 1.165) is 54.8 Å². The Balaban J connectivity index is 1.90. The zero-order chi connectivity index (χ0) is 22.1. The van der Waals surface area contributed by atoms with Crippen molar-refractivity contribution >= 4 is 60.6 Å². The van der Waals surface area contributed by atoms with Gasteiger partial charge in [0.1, 0.15) is 0 Å². The molecule has 0 spiro atoms. The molecular weight excluding hydrogens is 474 g/mol. The molecule has 0 radical (unpaired) electrons. The number of aromatic nitrogens is 5. The highest BCUT2D eigenvalue weighted by Gasteiger charge is 2.18. The van der Waals surface area contributed by atoms with Crippen LogP contribution < -0.4 is 0 Å². The highest BCUT2D eigenvalue weighted by atomic mass is 79.9. The molecule has 33 heavy (non-hydrogen) atoms. The van der Waals surface area contributed by atoms with Crippen molar-refractivity contribution < 1.29 is 0 Å². The van der Waals surface area contributed by atoms with Gasteiger partial charge in [-0.05, 0) is 67.1 Å². The maximum absolute atomic E-state index is 5.12. The van der Waals surface area contributed by atoms with Gasteiger partial charge in [0.2, 0.25) is 11.6 Å². The molecule has 3 aromatic heterocycles. The van der Waals surface area contributed by atoms with Crippen molar-refractivity contribution in [2.45, 2.75) is 6.92 Å². The van der Waals surface area contributed by atoms with Gasteiger partial charge < -0.3 is 0 Å². The molecular formula is C27H18BrN5. The van der Waals surface area contributed by atoms with Crippen molar-refractivity contribution in [1.82, 2.24) is 23.3 Å². The molecule has 0 aliphatic carbocycles. The third kappa shape index (κ3) is 2.64. The van der Waals surface area contributed by atoms with Crippen LogP contribution in [0.4, 0.5) is 0 Å². The molecule has 0 bridgehead atoms. The summed E-state index contributed by atoms with van der Waals surface area (Å²) in [5, 5.41) is 0. The Hall–Kier alpha value is -3.90. The quantitative estimate of drug-likeness (QED) is 0.251. The van der Waals surface area contributed by atoms with Gasteiger partial charge in [-0.3, -0.25) is 8.80 Å². The Labute approximate surface area is 197 Å². The fraction of sp³-hybridized carbons (Fsp3) is 0.0370. The molecule has 158 valence electrons. The SMILES string of the molecule is Cc1ccc2c(c1)n1c3ccccc3nc1n(-c1cccc(Br)c1)c1nc3ccccc3n21. The molecule has 0 aliphatic rings. The summed E-state index contributed by atoms with van der Waals surface area (Å²) in [5.74, 6) is 1.63. The van der Waals surface area contributed by atoms with E-state index < -0.39 is 0 Å². The molecule has 0 unspecified atom stereocenters. The normalized spacial score (nSPS) is 11.9. The van der Waals surface area contributed by atoms with Crippen LogP contribution in [0.5, 0.6) is 0 Å². The monoisotopic (exact) mass is 491 g/mol. The van der Waals surface area contributed by atoms with Gasteiger partial charge >= 0.3 is 0 Å².